The topological polar surface area (TPSA) is 57.6 Å². The minimum Gasteiger partial charge on any atom is -0.480 e. The van der Waals surface area contributed by atoms with Crippen molar-refractivity contribution in [1.82, 2.24) is 4.90 Å². The zero-order chi connectivity index (χ0) is 13.6. The second-order valence-electron chi connectivity index (χ2n) is 5.31. The van der Waals surface area contributed by atoms with Gasteiger partial charge < -0.3 is 10.0 Å². The Morgan fingerprint density at radius 2 is 1.78 bits per heavy atom. The van der Waals surface area contributed by atoms with Crippen molar-refractivity contribution in [3.63, 3.8) is 0 Å². The molecule has 4 heteroatoms. The molecule has 1 amide bonds. The molecular weight excluding hydrogens is 230 g/mol. The number of carbonyl (C=O) groups excluding carboxylic acids is 1. The summed E-state index contributed by atoms with van der Waals surface area (Å²) in [5.41, 5.74) is -0.289. The minimum absolute atomic E-state index is 0.0638. The Bertz CT molecular complexity index is 295. The summed E-state index contributed by atoms with van der Waals surface area (Å²) in [4.78, 5) is 25.0. The smallest absolute Gasteiger partial charge is 0.323 e. The van der Waals surface area contributed by atoms with Gasteiger partial charge in [-0.2, -0.15) is 0 Å². The number of carboxylic acids is 1. The van der Waals surface area contributed by atoms with Crippen LogP contribution in [0, 0.1) is 5.41 Å². The molecule has 1 aliphatic rings. The number of hydrogen-bond acceptors (Lipinski definition) is 2. The van der Waals surface area contributed by atoms with Crippen LogP contribution >= 0.6 is 0 Å². The lowest BCUT2D eigenvalue weighted by Crippen LogP contribution is -2.47. The summed E-state index contributed by atoms with van der Waals surface area (Å²) in [6, 6.07) is 0. The second kappa shape index (κ2) is 6.76. The van der Waals surface area contributed by atoms with E-state index in [4.69, 9.17) is 5.11 Å². The molecule has 0 bridgehead atoms. The van der Waals surface area contributed by atoms with Crippen LogP contribution in [0.2, 0.25) is 0 Å². The molecule has 1 saturated carbocycles. The first-order valence-corrected chi connectivity index (χ1v) is 7.07. The number of aliphatic carboxylic acids is 1. The van der Waals surface area contributed by atoms with E-state index in [1.807, 2.05) is 13.8 Å². The van der Waals surface area contributed by atoms with Crippen molar-refractivity contribution in [3.05, 3.63) is 0 Å². The fraction of sp³-hybridized carbons (Fsp3) is 0.857. The van der Waals surface area contributed by atoms with Crippen molar-refractivity contribution in [2.75, 3.05) is 13.1 Å². The van der Waals surface area contributed by atoms with Gasteiger partial charge in [0.2, 0.25) is 5.91 Å². The van der Waals surface area contributed by atoms with Crippen molar-refractivity contribution in [2.24, 2.45) is 5.41 Å². The molecule has 0 unspecified atom stereocenters. The van der Waals surface area contributed by atoms with E-state index in [-0.39, 0.29) is 17.9 Å². The van der Waals surface area contributed by atoms with Crippen molar-refractivity contribution in [1.29, 1.82) is 0 Å². The molecule has 0 aromatic rings. The van der Waals surface area contributed by atoms with Gasteiger partial charge in [0.05, 0.1) is 0 Å². The van der Waals surface area contributed by atoms with Crippen molar-refractivity contribution >= 4 is 11.9 Å². The lowest BCUT2D eigenvalue weighted by Gasteiger charge is -2.38. The summed E-state index contributed by atoms with van der Waals surface area (Å²) in [5, 5.41) is 8.92. The Kier molecular flexibility index (Phi) is 5.63. The molecular formula is C14H25NO3. The summed E-state index contributed by atoms with van der Waals surface area (Å²) >= 11 is 0. The monoisotopic (exact) mass is 255 g/mol. The molecule has 0 aliphatic heterocycles. The molecule has 1 rings (SSSR count). The van der Waals surface area contributed by atoms with Crippen molar-refractivity contribution in [2.45, 2.75) is 58.8 Å². The van der Waals surface area contributed by atoms with Gasteiger partial charge in [-0.3, -0.25) is 9.59 Å². The first kappa shape index (κ1) is 15.0. The molecule has 0 atom stereocenters. The van der Waals surface area contributed by atoms with E-state index < -0.39 is 5.97 Å². The molecule has 0 spiro atoms. The van der Waals surface area contributed by atoms with Gasteiger partial charge in [0, 0.05) is 12.0 Å². The van der Waals surface area contributed by atoms with Crippen LogP contribution in [0.25, 0.3) is 0 Å². The number of amides is 1. The van der Waals surface area contributed by atoms with Gasteiger partial charge in [-0.15, -0.1) is 0 Å². The zero-order valence-corrected chi connectivity index (χ0v) is 11.6. The predicted molar refractivity (Wildman–Crippen MR) is 70.3 cm³/mol. The summed E-state index contributed by atoms with van der Waals surface area (Å²) in [6.07, 6.45) is 6.84. The summed E-state index contributed by atoms with van der Waals surface area (Å²) in [7, 11) is 0. The molecule has 18 heavy (non-hydrogen) atoms. The molecule has 0 heterocycles. The Labute approximate surface area is 109 Å². The standard InChI is InChI=1S/C14H25NO3/c1-3-10-15(11-12(16)17)13(18)14(4-2)8-6-5-7-9-14/h3-11H2,1-2H3,(H,16,17). The van der Waals surface area contributed by atoms with Crippen LogP contribution in [-0.2, 0) is 9.59 Å². The van der Waals surface area contributed by atoms with Gasteiger partial charge >= 0.3 is 5.97 Å². The molecule has 0 aromatic carbocycles. The highest BCUT2D eigenvalue weighted by atomic mass is 16.4. The fourth-order valence-corrected chi connectivity index (χ4v) is 2.97. The van der Waals surface area contributed by atoms with Crippen molar-refractivity contribution in [3.8, 4) is 0 Å². The minimum atomic E-state index is -0.918. The second-order valence-corrected chi connectivity index (χ2v) is 5.31. The third kappa shape index (κ3) is 3.47. The van der Waals surface area contributed by atoms with Gasteiger partial charge in [-0.1, -0.05) is 33.1 Å². The van der Waals surface area contributed by atoms with E-state index in [1.54, 1.807) is 0 Å². The highest BCUT2D eigenvalue weighted by Gasteiger charge is 2.40. The molecule has 0 aromatic heterocycles. The third-order valence-electron chi connectivity index (χ3n) is 4.05. The quantitative estimate of drug-likeness (QED) is 0.793. The van der Waals surface area contributed by atoms with Gasteiger partial charge in [0.15, 0.2) is 0 Å². The predicted octanol–water partition coefficient (Wildman–Crippen LogP) is 2.67. The van der Waals surface area contributed by atoms with Gasteiger partial charge in [-0.25, -0.2) is 0 Å². The molecule has 1 N–H and O–H groups in total. The van der Waals surface area contributed by atoms with Crippen LogP contribution in [0.5, 0.6) is 0 Å². The van der Waals surface area contributed by atoms with Crippen LogP contribution in [0.15, 0.2) is 0 Å². The molecule has 1 aliphatic carbocycles. The Balaban J connectivity index is 2.81. The molecule has 0 saturated heterocycles. The summed E-state index contributed by atoms with van der Waals surface area (Å²) in [5.74, 6) is -0.854. The number of rotatable bonds is 6. The maximum Gasteiger partial charge on any atom is 0.323 e. The zero-order valence-electron chi connectivity index (χ0n) is 11.6. The van der Waals surface area contributed by atoms with Crippen LogP contribution in [0.1, 0.15) is 58.8 Å². The van der Waals surface area contributed by atoms with E-state index in [2.05, 4.69) is 0 Å². The Morgan fingerprint density at radius 3 is 2.22 bits per heavy atom. The Hall–Kier alpha value is -1.06. The normalized spacial score (nSPS) is 18.3. The summed E-state index contributed by atoms with van der Waals surface area (Å²) in [6.45, 7) is 4.41. The lowest BCUT2D eigenvalue weighted by molar-refractivity contribution is -0.151. The van der Waals surface area contributed by atoms with Crippen LogP contribution in [0.3, 0.4) is 0 Å². The van der Waals surface area contributed by atoms with Gasteiger partial charge in [0.25, 0.3) is 0 Å². The highest BCUT2D eigenvalue weighted by molar-refractivity contribution is 5.86. The van der Waals surface area contributed by atoms with Crippen molar-refractivity contribution < 1.29 is 14.7 Å². The number of carboxylic acid groups (broad SMARTS) is 1. The van der Waals surface area contributed by atoms with Crippen LogP contribution in [0.4, 0.5) is 0 Å². The third-order valence-corrected chi connectivity index (χ3v) is 4.05. The maximum absolute atomic E-state index is 12.6. The number of hydrogen-bond donors (Lipinski definition) is 1. The largest absolute Gasteiger partial charge is 0.480 e. The van der Waals surface area contributed by atoms with Crippen LogP contribution < -0.4 is 0 Å². The molecule has 0 radical (unpaired) electrons. The molecule has 104 valence electrons. The van der Waals surface area contributed by atoms with E-state index in [0.717, 1.165) is 38.5 Å². The van der Waals surface area contributed by atoms with Crippen LogP contribution in [-0.4, -0.2) is 35.0 Å². The van der Waals surface area contributed by atoms with Gasteiger partial charge in [0.1, 0.15) is 6.54 Å². The summed E-state index contributed by atoms with van der Waals surface area (Å²) < 4.78 is 0. The first-order valence-electron chi connectivity index (χ1n) is 7.07. The van der Waals surface area contributed by atoms with Gasteiger partial charge in [-0.05, 0) is 25.7 Å². The maximum atomic E-state index is 12.6. The highest BCUT2D eigenvalue weighted by Crippen LogP contribution is 2.40. The van der Waals surface area contributed by atoms with E-state index in [9.17, 15) is 9.59 Å². The molecule has 1 fully saturated rings. The lowest BCUT2D eigenvalue weighted by atomic mass is 9.71. The SMILES string of the molecule is CCCN(CC(=O)O)C(=O)C1(CC)CCCCC1. The Morgan fingerprint density at radius 1 is 1.17 bits per heavy atom. The average molecular weight is 255 g/mol. The van der Waals surface area contributed by atoms with E-state index in [0.29, 0.717) is 6.54 Å². The fourth-order valence-electron chi connectivity index (χ4n) is 2.97. The van der Waals surface area contributed by atoms with E-state index in [1.165, 1.54) is 11.3 Å². The number of nitrogens with zero attached hydrogens (tertiary/aromatic N) is 1. The molecule has 4 nitrogen and oxygen atoms in total. The number of carbonyl (C=O) groups is 2. The van der Waals surface area contributed by atoms with E-state index >= 15 is 0 Å². The average Bonchev–Trinajstić information content (AvgIpc) is 2.37. The first-order chi connectivity index (χ1) is 8.55.